The van der Waals surface area contributed by atoms with Crippen molar-refractivity contribution in [2.45, 2.75) is 4.90 Å². The number of nitrogens with one attached hydrogen (secondary N) is 1. The monoisotopic (exact) mass is 382 g/mol. The molecule has 1 aromatic heterocycles. The molecule has 0 saturated carbocycles. The highest BCUT2D eigenvalue weighted by molar-refractivity contribution is 8.51. The van der Waals surface area contributed by atoms with Crippen molar-refractivity contribution in [1.82, 2.24) is 4.98 Å². The van der Waals surface area contributed by atoms with Gasteiger partial charge in [0.15, 0.2) is 9.84 Å². The van der Waals surface area contributed by atoms with Gasteiger partial charge in [-0.2, -0.15) is 0 Å². The van der Waals surface area contributed by atoms with E-state index in [1.165, 1.54) is 17.6 Å². The van der Waals surface area contributed by atoms with Gasteiger partial charge >= 0.3 is 0 Å². The Hall–Kier alpha value is -1.42. The summed E-state index contributed by atoms with van der Waals surface area (Å²) in [7, 11) is -3.21. The zero-order valence-corrected chi connectivity index (χ0v) is 15.0. The van der Waals surface area contributed by atoms with Crippen LogP contribution >= 0.6 is 34.9 Å². The Balaban J connectivity index is 1.86. The number of thioether (sulfide) groups is 2. The number of aromatic nitrogens is 1. The average molecular weight is 383 g/mol. The molecular formula is C14H10N2O3S4. The summed E-state index contributed by atoms with van der Waals surface area (Å²) in [6.07, 6.45) is 2.84. The quantitative estimate of drug-likeness (QED) is 0.818. The molecule has 2 aromatic rings. The predicted molar refractivity (Wildman–Crippen MR) is 96.6 cm³/mol. The first kappa shape index (κ1) is 16.4. The summed E-state index contributed by atoms with van der Waals surface area (Å²) in [6, 6.07) is 6.54. The molecular weight excluding hydrogens is 372 g/mol. The molecule has 0 unspecified atom stereocenters. The molecule has 9 heteroatoms. The molecule has 1 fully saturated rings. The normalized spacial score (nSPS) is 17.2. The van der Waals surface area contributed by atoms with Crippen LogP contribution in [0.1, 0.15) is 5.69 Å². The second kappa shape index (κ2) is 6.23. The fraction of sp³-hybridized carbons (Fsp3) is 0.0714. The maximum absolute atomic E-state index is 11.6. The molecule has 118 valence electrons. The first-order valence-electron chi connectivity index (χ1n) is 6.29. The van der Waals surface area contributed by atoms with Crippen LogP contribution in [0, 0.1) is 5.41 Å². The van der Waals surface area contributed by atoms with Crippen molar-refractivity contribution in [3.8, 4) is 10.6 Å². The van der Waals surface area contributed by atoms with E-state index in [0.29, 0.717) is 10.6 Å². The average Bonchev–Trinajstić information content (AvgIpc) is 3.06. The Morgan fingerprint density at radius 2 is 1.87 bits per heavy atom. The molecule has 23 heavy (non-hydrogen) atoms. The van der Waals surface area contributed by atoms with Crippen molar-refractivity contribution in [3.05, 3.63) is 40.2 Å². The molecule has 5 nitrogen and oxygen atoms in total. The highest BCUT2D eigenvalue weighted by Crippen LogP contribution is 2.38. The Morgan fingerprint density at radius 1 is 1.17 bits per heavy atom. The van der Waals surface area contributed by atoms with Crippen molar-refractivity contribution in [3.63, 3.8) is 0 Å². The summed E-state index contributed by atoms with van der Waals surface area (Å²) in [5.74, 6) is 0. The first-order valence-corrected chi connectivity index (χ1v) is 10.7. The van der Waals surface area contributed by atoms with Gasteiger partial charge in [0.25, 0.3) is 0 Å². The Bertz CT molecular complexity index is 927. The molecule has 0 bridgehead atoms. The van der Waals surface area contributed by atoms with E-state index in [2.05, 4.69) is 4.98 Å². The summed E-state index contributed by atoms with van der Waals surface area (Å²) in [5.41, 5.74) is 1.47. The molecule has 2 heterocycles. The number of benzene rings is 1. The largest absolute Gasteiger partial charge is 0.287 e. The number of thiazole rings is 1. The number of sulfone groups is 1. The van der Waals surface area contributed by atoms with Crippen LogP contribution in [-0.4, -0.2) is 29.1 Å². The van der Waals surface area contributed by atoms with E-state index in [-0.39, 0.29) is 14.4 Å². The highest BCUT2D eigenvalue weighted by Gasteiger charge is 2.24. The number of hydrogen-bond acceptors (Lipinski definition) is 8. The molecule has 3 rings (SSSR count). The predicted octanol–water partition coefficient (Wildman–Crippen LogP) is 3.50. The molecule has 0 aliphatic carbocycles. The SMILES string of the molecule is CS(=O)(=O)c1ccc(-c2nc(/C=C3/SC(=N)SC3=O)cs2)cc1. The van der Waals surface area contributed by atoms with Gasteiger partial charge in [-0.3, -0.25) is 10.2 Å². The number of rotatable bonds is 3. The summed E-state index contributed by atoms with van der Waals surface area (Å²) in [6.45, 7) is 0. The molecule has 0 spiro atoms. The third kappa shape index (κ3) is 3.74. The molecule has 1 aliphatic rings. The lowest BCUT2D eigenvalue weighted by Crippen LogP contribution is -1.96. The van der Waals surface area contributed by atoms with Crippen LogP contribution in [0.15, 0.2) is 39.4 Å². The molecule has 1 saturated heterocycles. The number of hydrogen-bond donors (Lipinski definition) is 1. The lowest BCUT2D eigenvalue weighted by Gasteiger charge is -1.99. The number of carbonyl (C=O) groups excluding carboxylic acids is 1. The Labute approximate surface area is 145 Å². The third-order valence-corrected chi connectivity index (χ3v) is 6.89. The molecule has 0 amide bonds. The van der Waals surface area contributed by atoms with Crippen molar-refractivity contribution in [2.24, 2.45) is 0 Å². The van der Waals surface area contributed by atoms with Gasteiger partial charge in [0.1, 0.15) is 9.38 Å². The topological polar surface area (TPSA) is 87.9 Å². The zero-order chi connectivity index (χ0) is 16.6. The van der Waals surface area contributed by atoms with Gasteiger partial charge in [-0.05, 0) is 30.0 Å². The second-order valence-corrected chi connectivity index (χ2v) is 9.83. The lowest BCUT2D eigenvalue weighted by molar-refractivity contribution is -0.107. The van der Waals surface area contributed by atoms with Crippen LogP contribution in [0.4, 0.5) is 0 Å². The van der Waals surface area contributed by atoms with Crippen LogP contribution in [0.2, 0.25) is 0 Å². The van der Waals surface area contributed by atoms with E-state index >= 15 is 0 Å². The molecule has 1 aliphatic heterocycles. The van der Waals surface area contributed by atoms with Gasteiger partial charge in [-0.25, -0.2) is 13.4 Å². The molecule has 0 atom stereocenters. The van der Waals surface area contributed by atoms with Gasteiger partial charge in [-0.15, -0.1) is 11.3 Å². The van der Waals surface area contributed by atoms with E-state index < -0.39 is 9.84 Å². The second-order valence-electron chi connectivity index (χ2n) is 4.66. The van der Waals surface area contributed by atoms with E-state index in [0.717, 1.165) is 34.1 Å². The fourth-order valence-electron chi connectivity index (χ4n) is 1.85. The molecule has 1 N–H and O–H groups in total. The van der Waals surface area contributed by atoms with Crippen LogP contribution < -0.4 is 0 Å². The van der Waals surface area contributed by atoms with Crippen molar-refractivity contribution < 1.29 is 13.2 Å². The molecule has 0 radical (unpaired) electrons. The standard InChI is InChI=1S/C14H10N2O3S4/c1-23(18,19)10-4-2-8(3-5-10)12-16-9(7-20-12)6-11-13(17)22-14(15)21-11/h2-7,15H,1H3/b11-6+,15-14?. The Kier molecular flexibility index (Phi) is 4.45. The summed E-state index contributed by atoms with van der Waals surface area (Å²) in [4.78, 5) is 16.9. The van der Waals surface area contributed by atoms with Crippen LogP contribution in [-0.2, 0) is 14.6 Å². The minimum Gasteiger partial charge on any atom is -0.287 e. The van der Waals surface area contributed by atoms with Crippen molar-refractivity contribution >= 4 is 60.3 Å². The molecule has 1 aromatic carbocycles. The van der Waals surface area contributed by atoms with E-state index in [1.807, 2.05) is 5.38 Å². The van der Waals surface area contributed by atoms with Crippen LogP contribution in [0.3, 0.4) is 0 Å². The minimum atomic E-state index is -3.21. The number of nitrogens with zero attached hydrogens (tertiary/aromatic N) is 1. The summed E-state index contributed by atoms with van der Waals surface area (Å²) < 4.78 is 23.2. The van der Waals surface area contributed by atoms with Crippen LogP contribution in [0.25, 0.3) is 16.6 Å². The Morgan fingerprint density at radius 3 is 2.43 bits per heavy atom. The van der Waals surface area contributed by atoms with Gasteiger partial charge in [0, 0.05) is 17.2 Å². The maximum Gasteiger partial charge on any atom is 0.232 e. The first-order chi connectivity index (χ1) is 10.8. The fourth-order valence-corrected chi connectivity index (χ4v) is 4.97. The van der Waals surface area contributed by atoms with Crippen molar-refractivity contribution in [2.75, 3.05) is 6.26 Å². The van der Waals surface area contributed by atoms with Crippen LogP contribution in [0.5, 0.6) is 0 Å². The lowest BCUT2D eigenvalue weighted by atomic mass is 10.2. The van der Waals surface area contributed by atoms with Gasteiger partial charge in [0.2, 0.25) is 5.12 Å². The summed E-state index contributed by atoms with van der Waals surface area (Å²) >= 11 is 3.46. The highest BCUT2D eigenvalue weighted by atomic mass is 32.2. The van der Waals surface area contributed by atoms with E-state index in [4.69, 9.17) is 5.41 Å². The van der Waals surface area contributed by atoms with E-state index in [1.54, 1.807) is 30.3 Å². The van der Waals surface area contributed by atoms with Gasteiger partial charge < -0.3 is 0 Å². The zero-order valence-electron chi connectivity index (χ0n) is 11.8. The third-order valence-electron chi connectivity index (χ3n) is 2.92. The maximum atomic E-state index is 11.6. The minimum absolute atomic E-state index is 0.132. The summed E-state index contributed by atoms with van der Waals surface area (Å²) in [5, 5.41) is 9.92. The van der Waals surface area contributed by atoms with Gasteiger partial charge in [0.05, 0.1) is 15.5 Å². The van der Waals surface area contributed by atoms with Crippen molar-refractivity contribution in [1.29, 1.82) is 5.41 Å². The smallest absolute Gasteiger partial charge is 0.232 e. The number of carbonyl (C=O) groups is 1. The van der Waals surface area contributed by atoms with Gasteiger partial charge in [-0.1, -0.05) is 23.9 Å². The van der Waals surface area contributed by atoms with E-state index in [9.17, 15) is 13.2 Å².